The highest BCUT2D eigenvalue weighted by molar-refractivity contribution is 6.05. The van der Waals surface area contributed by atoms with Gasteiger partial charge in [-0.15, -0.1) is 5.10 Å². The summed E-state index contributed by atoms with van der Waals surface area (Å²) >= 11 is 0. The van der Waals surface area contributed by atoms with Crippen LogP contribution in [0.15, 0.2) is 42.7 Å². The van der Waals surface area contributed by atoms with Gasteiger partial charge in [0.1, 0.15) is 11.5 Å². The van der Waals surface area contributed by atoms with E-state index >= 15 is 0 Å². The van der Waals surface area contributed by atoms with Crippen molar-refractivity contribution in [2.45, 2.75) is 40.2 Å². The zero-order valence-electron chi connectivity index (χ0n) is 19.2. The second kappa shape index (κ2) is 8.62. The quantitative estimate of drug-likeness (QED) is 0.432. The number of carbonyl (C=O) groups excluding carboxylic acids is 2. The molecule has 1 aliphatic carbocycles. The standard InChI is InChI=1S/C24H25N7O3/c1-4-30-13-19(15(3)28-30)23(33)25-20-11-17(8-5-14(20)2)34-18-9-10-21-26-24(29-31(21)12-18)27-22(32)16-6-7-16/h5,8-13,16H,4,6-7H2,1-3H3,(H,25,33)(H,27,29,32). The smallest absolute Gasteiger partial charge is 0.259 e. The lowest BCUT2D eigenvalue weighted by molar-refractivity contribution is -0.117. The van der Waals surface area contributed by atoms with Crippen molar-refractivity contribution in [1.29, 1.82) is 0 Å². The third-order valence-electron chi connectivity index (χ3n) is 5.69. The molecule has 34 heavy (non-hydrogen) atoms. The molecule has 174 valence electrons. The van der Waals surface area contributed by atoms with Gasteiger partial charge >= 0.3 is 0 Å². The van der Waals surface area contributed by atoms with E-state index in [1.165, 1.54) is 0 Å². The zero-order valence-corrected chi connectivity index (χ0v) is 19.2. The van der Waals surface area contributed by atoms with Crippen LogP contribution in [0.25, 0.3) is 5.65 Å². The van der Waals surface area contributed by atoms with Gasteiger partial charge in [0.05, 0.1) is 17.5 Å². The minimum absolute atomic E-state index is 0.0427. The number of nitrogens with one attached hydrogen (secondary N) is 2. The molecule has 0 bridgehead atoms. The molecule has 0 unspecified atom stereocenters. The monoisotopic (exact) mass is 459 g/mol. The van der Waals surface area contributed by atoms with Crippen molar-refractivity contribution in [2.24, 2.45) is 5.92 Å². The molecule has 1 aromatic carbocycles. The molecule has 5 rings (SSSR count). The van der Waals surface area contributed by atoms with Crippen molar-refractivity contribution in [3.8, 4) is 11.5 Å². The number of aromatic nitrogens is 5. The van der Waals surface area contributed by atoms with E-state index in [0.29, 0.717) is 40.6 Å². The first-order valence-corrected chi connectivity index (χ1v) is 11.2. The number of amides is 2. The Morgan fingerprint density at radius 2 is 1.85 bits per heavy atom. The minimum Gasteiger partial charge on any atom is -0.456 e. The Balaban J connectivity index is 1.32. The molecule has 1 saturated carbocycles. The van der Waals surface area contributed by atoms with Crippen LogP contribution in [-0.2, 0) is 11.3 Å². The van der Waals surface area contributed by atoms with Gasteiger partial charge in [-0.05, 0) is 57.4 Å². The van der Waals surface area contributed by atoms with Gasteiger partial charge in [0.2, 0.25) is 11.9 Å². The lowest BCUT2D eigenvalue weighted by atomic mass is 10.1. The number of hydrogen-bond donors (Lipinski definition) is 2. The van der Waals surface area contributed by atoms with Crippen LogP contribution in [0.4, 0.5) is 11.6 Å². The van der Waals surface area contributed by atoms with E-state index in [2.05, 4.69) is 25.8 Å². The van der Waals surface area contributed by atoms with Gasteiger partial charge in [-0.25, -0.2) is 4.52 Å². The molecule has 2 amide bonds. The predicted octanol–water partition coefficient (Wildman–Crippen LogP) is 3.96. The first kappa shape index (κ1) is 21.6. The summed E-state index contributed by atoms with van der Waals surface area (Å²) in [7, 11) is 0. The lowest BCUT2D eigenvalue weighted by Crippen LogP contribution is -2.14. The van der Waals surface area contributed by atoms with E-state index in [0.717, 1.165) is 18.4 Å². The van der Waals surface area contributed by atoms with Crippen LogP contribution in [-0.4, -0.2) is 36.2 Å². The van der Waals surface area contributed by atoms with Crippen LogP contribution in [0.5, 0.6) is 11.5 Å². The average Bonchev–Trinajstić information content (AvgIpc) is 3.49. The fraction of sp³-hybridized carbons (Fsp3) is 0.292. The van der Waals surface area contributed by atoms with Gasteiger partial charge < -0.3 is 10.1 Å². The molecule has 1 aliphatic rings. The summed E-state index contributed by atoms with van der Waals surface area (Å²) in [5.74, 6) is 1.19. The van der Waals surface area contributed by atoms with Gasteiger partial charge in [0, 0.05) is 30.4 Å². The molecule has 0 radical (unpaired) electrons. The Bertz CT molecular complexity index is 1400. The van der Waals surface area contributed by atoms with Gasteiger partial charge in [-0.2, -0.15) is 10.1 Å². The van der Waals surface area contributed by atoms with E-state index < -0.39 is 0 Å². The SMILES string of the molecule is CCn1cc(C(=O)Nc2cc(Oc3ccc4nc(NC(=O)C5CC5)nn4c3)ccc2C)c(C)n1. The molecule has 10 nitrogen and oxygen atoms in total. The lowest BCUT2D eigenvalue weighted by Gasteiger charge is -2.11. The highest BCUT2D eigenvalue weighted by atomic mass is 16.5. The number of anilines is 2. The Morgan fingerprint density at radius 3 is 2.59 bits per heavy atom. The van der Waals surface area contributed by atoms with Crippen molar-refractivity contribution in [1.82, 2.24) is 24.4 Å². The van der Waals surface area contributed by atoms with Crippen LogP contribution in [0.3, 0.4) is 0 Å². The number of fused-ring (bicyclic) bond motifs is 1. The summed E-state index contributed by atoms with van der Waals surface area (Å²) in [4.78, 5) is 29.1. The minimum atomic E-state index is -0.220. The summed E-state index contributed by atoms with van der Waals surface area (Å²) in [6.07, 6.45) is 5.26. The second-order valence-electron chi connectivity index (χ2n) is 8.38. The summed E-state index contributed by atoms with van der Waals surface area (Å²) in [6.45, 7) is 6.40. The number of aryl methyl sites for hydroxylation is 3. The second-order valence-corrected chi connectivity index (χ2v) is 8.38. The topological polar surface area (TPSA) is 115 Å². The highest BCUT2D eigenvalue weighted by Gasteiger charge is 2.30. The van der Waals surface area contributed by atoms with E-state index in [9.17, 15) is 9.59 Å². The van der Waals surface area contributed by atoms with Crippen molar-refractivity contribution in [2.75, 3.05) is 10.6 Å². The fourth-order valence-electron chi connectivity index (χ4n) is 3.56. The Kier molecular flexibility index (Phi) is 5.48. The van der Waals surface area contributed by atoms with Crippen LogP contribution < -0.4 is 15.4 Å². The maximum Gasteiger partial charge on any atom is 0.259 e. The first-order valence-electron chi connectivity index (χ1n) is 11.2. The maximum absolute atomic E-state index is 12.8. The van der Waals surface area contributed by atoms with E-state index in [4.69, 9.17) is 4.74 Å². The van der Waals surface area contributed by atoms with Gasteiger partial charge in [0.15, 0.2) is 5.65 Å². The number of pyridine rings is 1. The molecular weight excluding hydrogens is 434 g/mol. The molecule has 0 atom stereocenters. The van der Waals surface area contributed by atoms with Crippen LogP contribution >= 0.6 is 0 Å². The number of benzene rings is 1. The Morgan fingerprint density at radius 1 is 1.06 bits per heavy atom. The van der Waals surface area contributed by atoms with Crippen molar-refractivity contribution in [3.63, 3.8) is 0 Å². The van der Waals surface area contributed by atoms with E-state index in [-0.39, 0.29) is 23.7 Å². The van der Waals surface area contributed by atoms with Crippen LogP contribution in [0.1, 0.15) is 41.4 Å². The van der Waals surface area contributed by atoms with Crippen LogP contribution in [0.2, 0.25) is 0 Å². The summed E-state index contributed by atoms with van der Waals surface area (Å²) in [6, 6.07) is 9.03. The number of carbonyl (C=O) groups is 2. The van der Waals surface area contributed by atoms with Crippen LogP contribution in [0, 0.1) is 19.8 Å². The molecular formula is C24H25N7O3. The number of ether oxygens (including phenoxy) is 1. The van der Waals surface area contributed by atoms with Gasteiger partial charge in [-0.3, -0.25) is 19.6 Å². The molecule has 10 heteroatoms. The van der Waals surface area contributed by atoms with E-state index in [1.807, 2.05) is 32.9 Å². The zero-order chi connectivity index (χ0) is 23.8. The average molecular weight is 460 g/mol. The third-order valence-corrected chi connectivity index (χ3v) is 5.69. The summed E-state index contributed by atoms with van der Waals surface area (Å²) in [5.41, 5.74) is 3.37. The number of hydrogen-bond acceptors (Lipinski definition) is 6. The van der Waals surface area contributed by atoms with Gasteiger partial charge in [-0.1, -0.05) is 6.07 Å². The van der Waals surface area contributed by atoms with Crippen molar-refractivity contribution >= 4 is 29.1 Å². The highest BCUT2D eigenvalue weighted by Crippen LogP contribution is 2.30. The Labute approximate surface area is 195 Å². The Hall–Kier alpha value is -4.21. The molecule has 2 N–H and O–H groups in total. The number of rotatable bonds is 7. The third kappa shape index (κ3) is 4.47. The van der Waals surface area contributed by atoms with E-state index in [1.54, 1.807) is 39.8 Å². The first-order chi connectivity index (χ1) is 16.4. The van der Waals surface area contributed by atoms with Crippen molar-refractivity contribution in [3.05, 3.63) is 59.5 Å². The summed E-state index contributed by atoms with van der Waals surface area (Å²) < 4.78 is 9.30. The molecule has 4 aromatic rings. The molecule has 3 aromatic heterocycles. The normalized spacial score (nSPS) is 13.1. The predicted molar refractivity (Wildman–Crippen MR) is 126 cm³/mol. The molecule has 1 fully saturated rings. The molecule has 3 heterocycles. The largest absolute Gasteiger partial charge is 0.456 e. The van der Waals surface area contributed by atoms with Gasteiger partial charge in [0.25, 0.3) is 5.91 Å². The molecule has 0 aliphatic heterocycles. The van der Waals surface area contributed by atoms with Crippen molar-refractivity contribution < 1.29 is 14.3 Å². The fourth-order valence-corrected chi connectivity index (χ4v) is 3.56. The molecule has 0 saturated heterocycles. The number of nitrogens with zero attached hydrogens (tertiary/aromatic N) is 5. The maximum atomic E-state index is 12.8. The molecule has 0 spiro atoms. The summed E-state index contributed by atoms with van der Waals surface area (Å²) in [5, 5.41) is 14.4.